The Bertz CT molecular complexity index is 374. The highest BCUT2D eigenvalue weighted by molar-refractivity contribution is 7.81. The van der Waals surface area contributed by atoms with Crippen LogP contribution in [0.15, 0.2) is 23.8 Å². The van der Waals surface area contributed by atoms with Crippen LogP contribution >= 0.6 is 25.3 Å². The van der Waals surface area contributed by atoms with E-state index < -0.39 is 22.6 Å². The average molecular weight is 290 g/mol. The van der Waals surface area contributed by atoms with Gasteiger partial charge in [-0.25, -0.2) is 4.79 Å². The van der Waals surface area contributed by atoms with Gasteiger partial charge in [-0.1, -0.05) is 25.2 Å². The SMILES string of the molecule is CC1(C(=O)O)C=CC=C(C(=O)O)C1S.CCCS. The molecular weight excluding hydrogens is 272 g/mol. The maximum Gasteiger partial charge on any atom is 0.332 e. The number of carbonyl (C=O) groups is 2. The molecule has 2 atom stereocenters. The fourth-order valence-electron chi connectivity index (χ4n) is 1.23. The smallest absolute Gasteiger partial charge is 0.332 e. The lowest BCUT2D eigenvalue weighted by molar-refractivity contribution is -0.145. The maximum absolute atomic E-state index is 10.9. The highest BCUT2D eigenvalue weighted by Gasteiger charge is 2.42. The van der Waals surface area contributed by atoms with Crippen LogP contribution in [-0.2, 0) is 9.59 Å². The van der Waals surface area contributed by atoms with Gasteiger partial charge in [0.2, 0.25) is 0 Å². The van der Waals surface area contributed by atoms with Crippen LogP contribution in [0.5, 0.6) is 0 Å². The van der Waals surface area contributed by atoms with Crippen LogP contribution in [0.1, 0.15) is 20.3 Å². The summed E-state index contributed by atoms with van der Waals surface area (Å²) in [6, 6.07) is 0. The molecule has 0 saturated heterocycles. The minimum Gasteiger partial charge on any atom is -0.481 e. The average Bonchev–Trinajstić information content (AvgIpc) is 2.32. The minimum atomic E-state index is -1.26. The van der Waals surface area contributed by atoms with Crippen molar-refractivity contribution < 1.29 is 19.8 Å². The number of allylic oxidation sites excluding steroid dienone is 2. The molecule has 6 heteroatoms. The van der Waals surface area contributed by atoms with E-state index in [1.165, 1.54) is 31.6 Å². The molecule has 2 unspecified atom stereocenters. The molecule has 1 aliphatic carbocycles. The summed E-state index contributed by atoms with van der Waals surface area (Å²) in [6.45, 7) is 3.55. The lowest BCUT2D eigenvalue weighted by Gasteiger charge is -2.30. The molecule has 0 aromatic carbocycles. The van der Waals surface area contributed by atoms with Crippen LogP contribution in [-0.4, -0.2) is 33.2 Å². The summed E-state index contributed by atoms with van der Waals surface area (Å²) in [6.07, 6.45) is 5.43. The van der Waals surface area contributed by atoms with Gasteiger partial charge >= 0.3 is 11.9 Å². The molecule has 0 fully saturated rings. The van der Waals surface area contributed by atoms with Crippen molar-refractivity contribution in [1.29, 1.82) is 0 Å². The Hall–Kier alpha value is -0.880. The molecule has 18 heavy (non-hydrogen) atoms. The van der Waals surface area contributed by atoms with Crippen molar-refractivity contribution in [1.82, 2.24) is 0 Å². The first kappa shape index (κ1) is 17.1. The Morgan fingerprint density at radius 3 is 2.28 bits per heavy atom. The van der Waals surface area contributed by atoms with Crippen molar-refractivity contribution in [2.24, 2.45) is 5.41 Å². The second kappa shape index (κ2) is 7.53. The Labute approximate surface area is 118 Å². The molecular formula is C12H18O4S2. The molecule has 1 aliphatic rings. The van der Waals surface area contributed by atoms with E-state index in [1.807, 2.05) is 0 Å². The van der Waals surface area contributed by atoms with E-state index in [4.69, 9.17) is 10.2 Å². The third-order valence-electron chi connectivity index (χ3n) is 2.51. The largest absolute Gasteiger partial charge is 0.481 e. The number of hydrogen-bond acceptors (Lipinski definition) is 4. The summed E-state index contributed by atoms with van der Waals surface area (Å²) in [4.78, 5) is 21.7. The zero-order valence-corrected chi connectivity index (χ0v) is 12.1. The summed E-state index contributed by atoms with van der Waals surface area (Å²) < 4.78 is 0. The van der Waals surface area contributed by atoms with Gasteiger partial charge < -0.3 is 10.2 Å². The van der Waals surface area contributed by atoms with Gasteiger partial charge in [0.25, 0.3) is 0 Å². The zero-order valence-electron chi connectivity index (χ0n) is 10.3. The molecule has 0 aromatic rings. The van der Waals surface area contributed by atoms with E-state index in [1.54, 1.807) is 0 Å². The molecule has 102 valence electrons. The number of rotatable bonds is 3. The first-order valence-electron chi connectivity index (χ1n) is 5.46. The van der Waals surface area contributed by atoms with Crippen molar-refractivity contribution in [2.45, 2.75) is 25.5 Å². The summed E-state index contributed by atoms with van der Waals surface area (Å²) in [7, 11) is 0. The Kier molecular flexibility index (Phi) is 7.16. The molecule has 0 saturated carbocycles. The van der Waals surface area contributed by atoms with Crippen LogP contribution < -0.4 is 0 Å². The summed E-state index contributed by atoms with van der Waals surface area (Å²) >= 11 is 7.96. The lowest BCUT2D eigenvalue weighted by Crippen LogP contribution is -2.39. The first-order valence-corrected chi connectivity index (χ1v) is 6.61. The first-order chi connectivity index (χ1) is 8.31. The van der Waals surface area contributed by atoms with Gasteiger partial charge in [0.15, 0.2) is 0 Å². The molecule has 0 aromatic heterocycles. The van der Waals surface area contributed by atoms with Gasteiger partial charge in [-0.05, 0) is 19.1 Å². The van der Waals surface area contributed by atoms with E-state index in [0.717, 1.165) is 5.75 Å². The van der Waals surface area contributed by atoms with Crippen LogP contribution in [0.4, 0.5) is 0 Å². The van der Waals surface area contributed by atoms with Crippen LogP contribution in [0.2, 0.25) is 0 Å². The standard InChI is InChI=1S/C9H10O4S.C3H8S/c1-9(8(12)13)4-2-3-5(6(9)14)7(10)11;1-2-3-4/h2-4,6,14H,1H3,(H,10,11)(H,12,13);4H,2-3H2,1H3. The highest BCUT2D eigenvalue weighted by Crippen LogP contribution is 2.35. The fraction of sp³-hybridized carbons (Fsp3) is 0.500. The number of thiol groups is 2. The minimum absolute atomic E-state index is 0.000679. The van der Waals surface area contributed by atoms with E-state index in [2.05, 4.69) is 32.2 Å². The summed E-state index contributed by atoms with van der Waals surface area (Å²) in [5.74, 6) is -1.21. The maximum atomic E-state index is 10.9. The molecule has 0 radical (unpaired) electrons. The van der Waals surface area contributed by atoms with Gasteiger partial charge in [-0.2, -0.15) is 25.3 Å². The Morgan fingerprint density at radius 2 is 1.94 bits per heavy atom. The predicted molar refractivity (Wildman–Crippen MR) is 77.5 cm³/mol. The molecule has 1 rings (SSSR count). The van der Waals surface area contributed by atoms with E-state index in [0.29, 0.717) is 0 Å². The molecule has 0 spiro atoms. The van der Waals surface area contributed by atoms with E-state index in [-0.39, 0.29) is 5.57 Å². The van der Waals surface area contributed by atoms with Crippen molar-refractivity contribution in [3.05, 3.63) is 23.8 Å². The van der Waals surface area contributed by atoms with Gasteiger partial charge in [-0.15, -0.1) is 0 Å². The predicted octanol–water partition coefficient (Wildman–Crippen LogP) is 2.28. The summed E-state index contributed by atoms with van der Waals surface area (Å²) in [5.41, 5.74) is -1.26. The summed E-state index contributed by atoms with van der Waals surface area (Å²) in [5, 5.41) is 16.9. The Morgan fingerprint density at radius 1 is 1.44 bits per heavy atom. The second-order valence-electron chi connectivity index (χ2n) is 4.00. The van der Waals surface area contributed by atoms with Crippen LogP contribution in [0.3, 0.4) is 0 Å². The van der Waals surface area contributed by atoms with E-state index >= 15 is 0 Å². The third-order valence-corrected chi connectivity index (χ3v) is 3.77. The Balaban J connectivity index is 0.000000631. The lowest BCUT2D eigenvalue weighted by atomic mass is 9.79. The molecule has 0 heterocycles. The molecule has 0 aliphatic heterocycles. The van der Waals surface area contributed by atoms with Gasteiger partial charge in [0, 0.05) is 0 Å². The van der Waals surface area contributed by atoms with Gasteiger partial charge in [0.1, 0.15) is 0 Å². The quantitative estimate of drug-likeness (QED) is 0.602. The number of aliphatic carboxylic acids is 2. The van der Waals surface area contributed by atoms with Crippen molar-refractivity contribution in [2.75, 3.05) is 5.75 Å². The highest BCUT2D eigenvalue weighted by atomic mass is 32.1. The number of carboxylic acids is 2. The monoisotopic (exact) mass is 290 g/mol. The second-order valence-corrected chi connectivity index (χ2v) is 4.96. The molecule has 4 nitrogen and oxygen atoms in total. The zero-order chi connectivity index (χ0) is 14.3. The molecule has 2 N–H and O–H groups in total. The molecule has 0 bridgehead atoms. The molecule has 0 amide bonds. The van der Waals surface area contributed by atoms with Crippen LogP contribution in [0, 0.1) is 5.41 Å². The van der Waals surface area contributed by atoms with Crippen molar-refractivity contribution in [3.63, 3.8) is 0 Å². The van der Waals surface area contributed by atoms with Gasteiger partial charge in [-0.3, -0.25) is 4.79 Å². The van der Waals surface area contributed by atoms with Crippen molar-refractivity contribution >= 4 is 37.2 Å². The van der Waals surface area contributed by atoms with E-state index in [9.17, 15) is 9.59 Å². The van der Waals surface area contributed by atoms with Gasteiger partial charge in [0.05, 0.1) is 16.2 Å². The number of hydrogen-bond donors (Lipinski definition) is 4. The fourth-order valence-corrected chi connectivity index (χ4v) is 1.63. The third kappa shape index (κ3) is 4.10. The van der Waals surface area contributed by atoms with Crippen molar-refractivity contribution in [3.8, 4) is 0 Å². The number of carboxylic acid groups (broad SMARTS) is 2. The topological polar surface area (TPSA) is 74.6 Å². The normalized spacial score (nSPS) is 25.8. The van der Waals surface area contributed by atoms with Crippen LogP contribution in [0.25, 0.3) is 0 Å².